The molecule has 0 aromatic carbocycles. The molecule has 2 aliphatic rings. The van der Waals surface area contributed by atoms with E-state index in [2.05, 4.69) is 89.2 Å². The minimum absolute atomic E-state index is 0.115. The quantitative estimate of drug-likeness (QED) is 0.276. The molecule has 0 saturated carbocycles. The van der Waals surface area contributed by atoms with E-state index >= 15 is 0 Å². The zero-order chi connectivity index (χ0) is 30.8. The van der Waals surface area contributed by atoms with Crippen molar-refractivity contribution >= 4 is 11.9 Å². The molecule has 3 heterocycles. The van der Waals surface area contributed by atoms with Crippen molar-refractivity contribution in [1.29, 1.82) is 0 Å². The highest BCUT2D eigenvalue weighted by Crippen LogP contribution is 2.43. The Kier molecular flexibility index (Phi) is 10.7. The van der Waals surface area contributed by atoms with Crippen LogP contribution in [0.1, 0.15) is 126 Å². The van der Waals surface area contributed by atoms with Crippen molar-refractivity contribution in [2.45, 2.75) is 162 Å². The molecular formula is C32H61N7O2. The van der Waals surface area contributed by atoms with Crippen molar-refractivity contribution in [3.8, 4) is 0 Å². The van der Waals surface area contributed by atoms with E-state index in [9.17, 15) is 0 Å². The molecule has 0 atom stereocenters. The van der Waals surface area contributed by atoms with Gasteiger partial charge < -0.3 is 19.5 Å². The largest absolute Gasteiger partial charge is 0.338 e. The van der Waals surface area contributed by atoms with E-state index in [4.69, 9.17) is 24.6 Å². The van der Waals surface area contributed by atoms with Gasteiger partial charge in [0.15, 0.2) is 0 Å². The monoisotopic (exact) mass is 575 g/mol. The maximum Gasteiger partial charge on any atom is 0.230 e. The van der Waals surface area contributed by atoms with Crippen molar-refractivity contribution in [2.75, 3.05) is 37.1 Å². The molecule has 0 aliphatic carbocycles. The lowest BCUT2D eigenvalue weighted by molar-refractivity contribution is -0.266. The summed E-state index contributed by atoms with van der Waals surface area (Å²) in [5.74, 6) is 2.42. The van der Waals surface area contributed by atoms with E-state index in [0.717, 1.165) is 82.2 Å². The van der Waals surface area contributed by atoms with Crippen LogP contribution in [-0.2, 0) is 9.68 Å². The van der Waals surface area contributed by atoms with Gasteiger partial charge in [-0.15, -0.1) is 0 Å². The van der Waals surface area contributed by atoms with Crippen LogP contribution >= 0.6 is 0 Å². The van der Waals surface area contributed by atoms with Crippen LogP contribution < -0.4 is 9.80 Å². The zero-order valence-electron chi connectivity index (χ0n) is 28.7. The number of aromatic nitrogens is 3. The number of rotatable bonds is 12. The number of hydrogen-bond donors (Lipinski definition) is 0. The number of aryl methyl sites for hydroxylation is 1. The summed E-state index contributed by atoms with van der Waals surface area (Å²) >= 11 is 0. The molecule has 0 N–H and O–H groups in total. The maximum absolute atomic E-state index is 5.91. The molecular weight excluding hydrogens is 514 g/mol. The summed E-state index contributed by atoms with van der Waals surface area (Å²) in [4.78, 5) is 32.1. The van der Waals surface area contributed by atoms with Gasteiger partial charge in [-0.2, -0.15) is 25.1 Å². The molecule has 9 nitrogen and oxygen atoms in total. The minimum atomic E-state index is -0.115. The topological polar surface area (TPSA) is 70.1 Å². The van der Waals surface area contributed by atoms with E-state index in [1.807, 2.05) is 6.92 Å². The third kappa shape index (κ3) is 7.51. The standard InChI is InChI=1S/C32H61N7O2/c1-14-16-18-36(25-20-29(4,5)38(40-12)30(6,7)21-25)27-33-24(3)34-28(35-27)37(19-17-15-2)26-22-31(8,9)39(41-13)32(10,11)23-26/h25-26H,14-23H2,1-13H3. The lowest BCUT2D eigenvalue weighted by atomic mass is 9.78. The van der Waals surface area contributed by atoms with Gasteiger partial charge in [-0.1, -0.05) is 26.7 Å². The predicted molar refractivity (Wildman–Crippen MR) is 169 cm³/mol. The molecule has 0 bridgehead atoms. The molecule has 2 fully saturated rings. The van der Waals surface area contributed by atoms with Gasteiger partial charge in [0.25, 0.3) is 0 Å². The number of hydrogen-bond acceptors (Lipinski definition) is 9. The first kappa shape index (κ1) is 33.9. The SMILES string of the molecule is CCCCN(c1nc(C)nc(N(CCCC)C2CC(C)(C)N(OC)C(C)(C)C2)n1)C1CC(C)(C)N(OC)C(C)(C)C1. The molecule has 9 heteroatoms. The van der Waals surface area contributed by atoms with Gasteiger partial charge in [-0.3, -0.25) is 0 Å². The number of unbranched alkanes of at least 4 members (excludes halogenated alkanes) is 2. The maximum atomic E-state index is 5.91. The molecule has 0 amide bonds. The highest BCUT2D eigenvalue weighted by molar-refractivity contribution is 5.42. The molecule has 2 aliphatic heterocycles. The van der Waals surface area contributed by atoms with Crippen LogP contribution in [-0.4, -0.2) is 86.6 Å². The molecule has 0 radical (unpaired) electrons. The molecule has 41 heavy (non-hydrogen) atoms. The van der Waals surface area contributed by atoms with Crippen LogP contribution in [0.5, 0.6) is 0 Å². The molecule has 2 saturated heterocycles. The fraction of sp³-hybridized carbons (Fsp3) is 0.906. The van der Waals surface area contributed by atoms with E-state index < -0.39 is 0 Å². The summed E-state index contributed by atoms with van der Waals surface area (Å²) in [6, 6.07) is 0.610. The molecule has 0 unspecified atom stereocenters. The summed E-state index contributed by atoms with van der Waals surface area (Å²) < 4.78 is 0. The van der Waals surface area contributed by atoms with E-state index in [0.29, 0.717) is 12.1 Å². The summed E-state index contributed by atoms with van der Waals surface area (Å²) in [5.41, 5.74) is -0.460. The van der Waals surface area contributed by atoms with Crippen molar-refractivity contribution in [3.63, 3.8) is 0 Å². The minimum Gasteiger partial charge on any atom is -0.338 e. The van der Waals surface area contributed by atoms with Crippen LogP contribution in [0.4, 0.5) is 11.9 Å². The molecule has 3 rings (SSSR count). The van der Waals surface area contributed by atoms with Gasteiger partial charge in [-0.05, 0) is 101 Å². The normalized spacial score (nSPS) is 23.0. The number of hydroxylamine groups is 4. The predicted octanol–water partition coefficient (Wildman–Crippen LogP) is 6.56. The third-order valence-corrected chi connectivity index (χ3v) is 9.13. The number of nitrogens with zero attached hydrogens (tertiary/aromatic N) is 7. The van der Waals surface area contributed by atoms with Gasteiger partial charge in [0.1, 0.15) is 5.82 Å². The van der Waals surface area contributed by atoms with Gasteiger partial charge in [0.2, 0.25) is 11.9 Å². The average Bonchev–Trinajstić information content (AvgIpc) is 2.82. The first-order valence-corrected chi connectivity index (χ1v) is 16.0. The molecule has 0 spiro atoms. The van der Waals surface area contributed by atoms with Crippen molar-refractivity contribution < 1.29 is 9.68 Å². The third-order valence-electron chi connectivity index (χ3n) is 9.13. The Labute approximate surface area is 251 Å². The Morgan fingerprint density at radius 3 is 1.22 bits per heavy atom. The summed E-state index contributed by atoms with van der Waals surface area (Å²) in [5, 5.41) is 4.36. The van der Waals surface area contributed by atoms with Gasteiger partial charge in [0.05, 0.1) is 14.2 Å². The van der Waals surface area contributed by atoms with E-state index in [-0.39, 0.29) is 22.2 Å². The smallest absolute Gasteiger partial charge is 0.230 e. The van der Waals surface area contributed by atoms with Crippen LogP contribution in [0.15, 0.2) is 0 Å². The summed E-state index contributed by atoms with van der Waals surface area (Å²) in [6.45, 7) is 26.7. The molecule has 236 valence electrons. The van der Waals surface area contributed by atoms with Crippen LogP contribution in [0.3, 0.4) is 0 Å². The lowest BCUT2D eigenvalue weighted by Gasteiger charge is -2.55. The second kappa shape index (κ2) is 13.0. The first-order chi connectivity index (χ1) is 19.0. The Bertz CT molecular complexity index is 886. The highest BCUT2D eigenvalue weighted by atomic mass is 16.7. The summed E-state index contributed by atoms with van der Waals surface area (Å²) in [6.07, 6.45) is 8.36. The number of anilines is 2. The molecule has 1 aromatic heterocycles. The van der Waals surface area contributed by atoms with Crippen molar-refractivity contribution in [1.82, 2.24) is 25.1 Å². The van der Waals surface area contributed by atoms with E-state index in [1.54, 1.807) is 14.2 Å². The Hall–Kier alpha value is -1.55. The average molecular weight is 576 g/mol. The first-order valence-electron chi connectivity index (χ1n) is 16.0. The zero-order valence-corrected chi connectivity index (χ0v) is 28.7. The van der Waals surface area contributed by atoms with Gasteiger partial charge >= 0.3 is 0 Å². The summed E-state index contributed by atoms with van der Waals surface area (Å²) in [7, 11) is 3.59. The second-order valence-electron chi connectivity index (χ2n) is 14.9. The van der Waals surface area contributed by atoms with Crippen LogP contribution in [0, 0.1) is 6.92 Å². The number of piperidine rings is 2. The second-order valence-corrected chi connectivity index (χ2v) is 14.9. The van der Waals surface area contributed by atoms with Crippen molar-refractivity contribution in [2.24, 2.45) is 0 Å². The van der Waals surface area contributed by atoms with E-state index in [1.165, 1.54) is 0 Å². The fourth-order valence-electron chi connectivity index (χ4n) is 8.11. The van der Waals surface area contributed by atoms with Gasteiger partial charge in [0, 0.05) is 47.3 Å². The van der Waals surface area contributed by atoms with Crippen LogP contribution in [0.2, 0.25) is 0 Å². The van der Waals surface area contributed by atoms with Crippen molar-refractivity contribution in [3.05, 3.63) is 5.82 Å². The lowest BCUT2D eigenvalue weighted by Crippen LogP contribution is -2.64. The highest BCUT2D eigenvalue weighted by Gasteiger charge is 2.49. The Balaban J connectivity index is 2.04. The van der Waals surface area contributed by atoms with Crippen LogP contribution in [0.25, 0.3) is 0 Å². The molecule has 1 aromatic rings. The Morgan fingerprint density at radius 1 is 0.634 bits per heavy atom. The fourth-order valence-corrected chi connectivity index (χ4v) is 8.11. The van der Waals surface area contributed by atoms with Gasteiger partial charge in [-0.25, -0.2) is 0 Å². The Morgan fingerprint density at radius 2 is 0.951 bits per heavy atom.